The number of carbonyl (C=O) groups is 2. The molecule has 1 radical (unpaired) electrons. The molecule has 0 unspecified atom stereocenters. The molecule has 0 atom stereocenters. The summed E-state index contributed by atoms with van der Waals surface area (Å²) in [6.45, 7) is 1.98. The summed E-state index contributed by atoms with van der Waals surface area (Å²) in [5, 5.41) is 16.5. The van der Waals surface area contributed by atoms with Crippen LogP contribution >= 0.6 is 0 Å². The standard InChI is InChI=1S/2C5H5F3O2.Cu/c2*1-3(9)2-4(10)5(6,7)8;/h2*2,9H,1H3;/b3-2+;3-2-;. The predicted molar refractivity (Wildman–Crippen MR) is 54.9 cm³/mol. The summed E-state index contributed by atoms with van der Waals surface area (Å²) in [6.07, 6.45) is -9.52. The van der Waals surface area contributed by atoms with Crippen molar-refractivity contribution in [3.05, 3.63) is 23.7 Å². The molecule has 0 bridgehead atoms. The van der Waals surface area contributed by atoms with E-state index in [9.17, 15) is 35.9 Å². The molecule has 0 saturated carbocycles. The molecule has 0 aromatic heterocycles. The van der Waals surface area contributed by atoms with Gasteiger partial charge in [0.15, 0.2) is 0 Å². The molecule has 0 saturated heterocycles. The van der Waals surface area contributed by atoms with Crippen LogP contribution in [-0.2, 0) is 26.7 Å². The van der Waals surface area contributed by atoms with Crippen molar-refractivity contribution in [1.29, 1.82) is 0 Å². The molecule has 0 aliphatic carbocycles. The molecule has 0 spiro atoms. The summed E-state index contributed by atoms with van der Waals surface area (Å²) in [5.74, 6) is -5.40. The van der Waals surface area contributed by atoms with Gasteiger partial charge in [-0.3, -0.25) is 9.59 Å². The monoisotopic (exact) mass is 371 g/mol. The Morgan fingerprint density at radius 3 is 1.00 bits per heavy atom. The molecule has 0 aromatic rings. The summed E-state index contributed by atoms with van der Waals surface area (Å²) in [7, 11) is 0. The minimum atomic E-state index is -4.88. The van der Waals surface area contributed by atoms with Gasteiger partial charge in [-0.15, -0.1) is 0 Å². The average Bonchev–Trinajstić information content (AvgIpc) is 2.13. The van der Waals surface area contributed by atoms with E-state index in [2.05, 4.69) is 0 Å². The molecule has 0 aromatic carbocycles. The molecule has 0 fully saturated rings. The summed E-state index contributed by atoms with van der Waals surface area (Å²) < 4.78 is 67.8. The smallest absolute Gasteiger partial charge is 0.454 e. The second-order valence-electron chi connectivity index (χ2n) is 3.30. The molecular weight excluding hydrogens is 362 g/mol. The van der Waals surface area contributed by atoms with Crippen molar-refractivity contribution in [2.45, 2.75) is 26.2 Å². The number of alkyl halides is 6. The molecule has 11 heteroatoms. The number of hydrogen-bond donors (Lipinski definition) is 2. The first-order valence-corrected chi connectivity index (χ1v) is 4.64. The van der Waals surface area contributed by atoms with Gasteiger partial charge < -0.3 is 10.2 Å². The van der Waals surface area contributed by atoms with E-state index < -0.39 is 35.4 Å². The van der Waals surface area contributed by atoms with Crippen molar-refractivity contribution in [1.82, 2.24) is 0 Å². The maximum Gasteiger partial charge on any atom is 0.454 e. The quantitative estimate of drug-likeness (QED) is 0.338. The summed E-state index contributed by atoms with van der Waals surface area (Å²) in [4.78, 5) is 19.8. The molecule has 0 aliphatic heterocycles. The van der Waals surface area contributed by atoms with Gasteiger partial charge in [0.05, 0.1) is 11.5 Å². The van der Waals surface area contributed by atoms with Crippen LogP contribution in [-0.4, -0.2) is 34.1 Å². The van der Waals surface area contributed by atoms with E-state index in [1.54, 1.807) is 0 Å². The van der Waals surface area contributed by atoms with E-state index in [1.165, 1.54) is 0 Å². The third kappa shape index (κ3) is 14.7. The van der Waals surface area contributed by atoms with Gasteiger partial charge in [-0.1, -0.05) is 0 Å². The molecular formula is C10H10CuF6O4. The Kier molecular flexibility index (Phi) is 11.0. The Balaban J connectivity index is -0.000000295. The minimum absolute atomic E-state index is 0. The van der Waals surface area contributed by atoms with E-state index >= 15 is 0 Å². The van der Waals surface area contributed by atoms with Crippen LogP contribution in [0.4, 0.5) is 26.3 Å². The fraction of sp³-hybridized carbons (Fsp3) is 0.400. The number of aliphatic hydroxyl groups excluding tert-OH is 2. The Bertz CT molecular complexity index is 374. The molecule has 0 amide bonds. The maximum absolute atomic E-state index is 11.3. The molecule has 21 heavy (non-hydrogen) atoms. The number of aliphatic hydroxyl groups is 2. The largest absolute Gasteiger partial charge is 0.512 e. The Hall–Kier alpha value is -1.48. The SMILES string of the molecule is C/C(O)=C/C(=O)C(F)(F)F.C/C(O)=C\C(=O)C(F)(F)F.[Cu]. The van der Waals surface area contributed by atoms with E-state index in [4.69, 9.17) is 10.2 Å². The molecule has 4 nitrogen and oxygen atoms in total. The summed E-state index contributed by atoms with van der Waals surface area (Å²) >= 11 is 0. The third-order valence-electron chi connectivity index (χ3n) is 1.24. The van der Waals surface area contributed by atoms with Gasteiger partial charge in [0.2, 0.25) is 0 Å². The summed E-state index contributed by atoms with van der Waals surface area (Å²) in [6, 6.07) is 0. The molecule has 0 rings (SSSR count). The second kappa shape index (κ2) is 9.45. The van der Waals surface area contributed by atoms with Gasteiger partial charge in [-0.25, -0.2) is 0 Å². The molecule has 127 valence electrons. The number of carbonyl (C=O) groups excluding carboxylic acids is 2. The zero-order chi connectivity index (χ0) is 16.7. The van der Waals surface area contributed by atoms with Crippen LogP contribution in [0.5, 0.6) is 0 Å². The van der Waals surface area contributed by atoms with Crippen LogP contribution in [0, 0.1) is 0 Å². The number of ketones is 2. The van der Waals surface area contributed by atoms with Crippen LogP contribution in [0.3, 0.4) is 0 Å². The minimum Gasteiger partial charge on any atom is -0.512 e. The van der Waals surface area contributed by atoms with E-state index in [-0.39, 0.29) is 29.2 Å². The zero-order valence-electron chi connectivity index (χ0n) is 10.4. The van der Waals surface area contributed by atoms with Crippen LogP contribution < -0.4 is 0 Å². The topological polar surface area (TPSA) is 74.6 Å². The van der Waals surface area contributed by atoms with Gasteiger partial charge >= 0.3 is 12.4 Å². The zero-order valence-corrected chi connectivity index (χ0v) is 11.4. The van der Waals surface area contributed by atoms with Crippen LogP contribution in [0.15, 0.2) is 23.7 Å². The van der Waals surface area contributed by atoms with Crippen molar-refractivity contribution in [2.24, 2.45) is 0 Å². The van der Waals surface area contributed by atoms with Crippen molar-refractivity contribution in [3.8, 4) is 0 Å². The van der Waals surface area contributed by atoms with Crippen LogP contribution in [0.25, 0.3) is 0 Å². The van der Waals surface area contributed by atoms with Gasteiger partial charge in [0.1, 0.15) is 0 Å². The average molecular weight is 372 g/mol. The van der Waals surface area contributed by atoms with Gasteiger partial charge in [-0.2, -0.15) is 26.3 Å². The van der Waals surface area contributed by atoms with Crippen molar-refractivity contribution < 1.29 is 63.2 Å². The van der Waals surface area contributed by atoms with Gasteiger partial charge in [-0.05, 0) is 13.8 Å². The van der Waals surface area contributed by atoms with E-state index in [0.717, 1.165) is 13.8 Å². The molecule has 0 heterocycles. The maximum atomic E-state index is 11.3. The van der Waals surface area contributed by atoms with Crippen molar-refractivity contribution in [3.63, 3.8) is 0 Å². The number of allylic oxidation sites excluding steroid dienone is 4. The van der Waals surface area contributed by atoms with Crippen molar-refractivity contribution >= 4 is 11.6 Å². The second-order valence-corrected chi connectivity index (χ2v) is 3.30. The van der Waals surface area contributed by atoms with Crippen LogP contribution in [0.2, 0.25) is 0 Å². The normalized spacial score (nSPS) is 12.8. The fourth-order valence-electron chi connectivity index (χ4n) is 0.543. The Morgan fingerprint density at radius 2 is 0.952 bits per heavy atom. The number of rotatable bonds is 2. The Labute approximate surface area is 125 Å². The Morgan fingerprint density at radius 1 is 0.762 bits per heavy atom. The predicted octanol–water partition coefficient (Wildman–Crippen LogP) is 3.16. The first-order chi connectivity index (χ1) is 8.67. The third-order valence-corrected chi connectivity index (χ3v) is 1.24. The van der Waals surface area contributed by atoms with Gasteiger partial charge in [0.25, 0.3) is 11.6 Å². The van der Waals surface area contributed by atoms with Gasteiger partial charge in [0, 0.05) is 29.2 Å². The molecule has 0 aliphatic rings. The van der Waals surface area contributed by atoms with Crippen molar-refractivity contribution in [2.75, 3.05) is 0 Å². The number of hydrogen-bond acceptors (Lipinski definition) is 4. The first kappa shape index (κ1) is 24.5. The molecule has 2 N–H and O–H groups in total. The first-order valence-electron chi connectivity index (χ1n) is 4.64. The fourth-order valence-corrected chi connectivity index (χ4v) is 0.543. The van der Waals surface area contributed by atoms with E-state index in [1.807, 2.05) is 0 Å². The number of halogens is 6. The summed E-state index contributed by atoms with van der Waals surface area (Å²) in [5.41, 5.74) is 0. The van der Waals surface area contributed by atoms with E-state index in [0.29, 0.717) is 0 Å². The van der Waals surface area contributed by atoms with Crippen LogP contribution in [0.1, 0.15) is 13.8 Å².